The van der Waals surface area contributed by atoms with E-state index in [4.69, 9.17) is 0 Å². The summed E-state index contributed by atoms with van der Waals surface area (Å²) in [5, 5.41) is 8.02. The number of nitrogens with zero attached hydrogens (tertiary/aromatic N) is 2. The van der Waals surface area contributed by atoms with Crippen molar-refractivity contribution in [1.29, 1.82) is 0 Å². The predicted molar refractivity (Wildman–Crippen MR) is 69.3 cm³/mol. The fourth-order valence-corrected chi connectivity index (χ4v) is 2.86. The fourth-order valence-electron chi connectivity index (χ4n) is 2.10. The van der Waals surface area contributed by atoms with Crippen LogP contribution in [0.3, 0.4) is 0 Å². The van der Waals surface area contributed by atoms with Crippen LogP contribution in [0.25, 0.3) is 0 Å². The summed E-state index contributed by atoms with van der Waals surface area (Å²) < 4.78 is 3.16. The van der Waals surface area contributed by atoms with E-state index in [0.717, 1.165) is 31.1 Å². The Bertz CT molecular complexity index is 355. The van der Waals surface area contributed by atoms with Crippen LogP contribution in [-0.4, -0.2) is 16.3 Å². The summed E-state index contributed by atoms with van der Waals surface area (Å²) >= 11 is 3.64. The fraction of sp³-hybridized carbons (Fsp3) is 0.750. The molecule has 0 bridgehead atoms. The summed E-state index contributed by atoms with van der Waals surface area (Å²) in [4.78, 5) is 0. The van der Waals surface area contributed by atoms with Crippen LogP contribution >= 0.6 is 15.9 Å². The number of halogens is 1. The van der Waals surface area contributed by atoms with Crippen LogP contribution in [0.4, 0.5) is 0 Å². The SMILES string of the molecule is CCc1nn(C)c(CNCC2CCC2)c1Br. The highest BCUT2D eigenvalue weighted by Crippen LogP contribution is 2.26. The van der Waals surface area contributed by atoms with Crippen LogP contribution in [0.2, 0.25) is 0 Å². The molecule has 3 nitrogen and oxygen atoms in total. The Hall–Kier alpha value is -0.350. The maximum absolute atomic E-state index is 4.49. The molecule has 4 heteroatoms. The van der Waals surface area contributed by atoms with Crippen molar-refractivity contribution < 1.29 is 0 Å². The zero-order valence-electron chi connectivity index (χ0n) is 10.1. The van der Waals surface area contributed by atoms with Gasteiger partial charge in [-0.1, -0.05) is 13.3 Å². The molecule has 1 aromatic heterocycles. The number of rotatable bonds is 5. The molecule has 2 rings (SSSR count). The number of aromatic nitrogens is 2. The lowest BCUT2D eigenvalue weighted by molar-refractivity contribution is 0.300. The van der Waals surface area contributed by atoms with E-state index in [9.17, 15) is 0 Å². The molecular formula is C12H20BrN3. The van der Waals surface area contributed by atoms with Crippen LogP contribution in [0, 0.1) is 5.92 Å². The Labute approximate surface area is 106 Å². The molecule has 0 spiro atoms. The Morgan fingerprint density at radius 2 is 2.25 bits per heavy atom. The molecule has 1 heterocycles. The monoisotopic (exact) mass is 285 g/mol. The van der Waals surface area contributed by atoms with Gasteiger partial charge in [-0.3, -0.25) is 4.68 Å². The minimum absolute atomic E-state index is 0.914. The molecule has 1 fully saturated rings. The maximum atomic E-state index is 4.49. The van der Waals surface area contributed by atoms with E-state index in [2.05, 4.69) is 33.3 Å². The summed E-state index contributed by atoms with van der Waals surface area (Å²) in [6, 6.07) is 0. The molecule has 0 amide bonds. The maximum Gasteiger partial charge on any atom is 0.0767 e. The minimum atomic E-state index is 0.914. The lowest BCUT2D eigenvalue weighted by Gasteiger charge is -2.25. The van der Waals surface area contributed by atoms with Gasteiger partial charge in [0, 0.05) is 13.6 Å². The summed E-state index contributed by atoms with van der Waals surface area (Å²) in [6.45, 7) is 4.21. The molecule has 0 aromatic carbocycles. The lowest BCUT2D eigenvalue weighted by Crippen LogP contribution is -2.27. The molecular weight excluding hydrogens is 266 g/mol. The van der Waals surface area contributed by atoms with Crippen LogP contribution in [0.5, 0.6) is 0 Å². The van der Waals surface area contributed by atoms with Gasteiger partial charge in [-0.15, -0.1) is 0 Å². The molecule has 1 aromatic rings. The van der Waals surface area contributed by atoms with Crippen LogP contribution in [0.1, 0.15) is 37.6 Å². The van der Waals surface area contributed by atoms with E-state index >= 15 is 0 Å². The summed E-state index contributed by atoms with van der Waals surface area (Å²) in [5.41, 5.74) is 2.42. The van der Waals surface area contributed by atoms with Crippen molar-refractivity contribution in [2.75, 3.05) is 6.54 Å². The number of hydrogen-bond donors (Lipinski definition) is 1. The average molecular weight is 286 g/mol. The molecule has 1 aliphatic carbocycles. The van der Waals surface area contributed by atoms with Crippen LogP contribution in [0.15, 0.2) is 4.47 Å². The highest BCUT2D eigenvalue weighted by Gasteiger charge is 2.17. The Morgan fingerprint density at radius 1 is 1.50 bits per heavy atom. The molecule has 90 valence electrons. The van der Waals surface area contributed by atoms with E-state index < -0.39 is 0 Å². The van der Waals surface area contributed by atoms with Crippen molar-refractivity contribution in [1.82, 2.24) is 15.1 Å². The summed E-state index contributed by atoms with van der Waals surface area (Å²) in [6.07, 6.45) is 5.21. The van der Waals surface area contributed by atoms with Gasteiger partial charge in [0.1, 0.15) is 0 Å². The van der Waals surface area contributed by atoms with E-state index in [1.165, 1.54) is 29.4 Å². The first-order valence-corrected chi connectivity index (χ1v) is 6.92. The largest absolute Gasteiger partial charge is 0.311 e. The first kappa shape index (κ1) is 12.1. The molecule has 0 radical (unpaired) electrons. The van der Waals surface area contributed by atoms with Crippen molar-refractivity contribution in [3.8, 4) is 0 Å². The van der Waals surface area contributed by atoms with Crippen molar-refractivity contribution in [2.24, 2.45) is 13.0 Å². The first-order valence-electron chi connectivity index (χ1n) is 6.13. The van der Waals surface area contributed by atoms with Gasteiger partial charge in [-0.25, -0.2) is 0 Å². The second kappa shape index (κ2) is 5.32. The smallest absolute Gasteiger partial charge is 0.0767 e. The van der Waals surface area contributed by atoms with E-state index in [1.807, 2.05) is 11.7 Å². The van der Waals surface area contributed by atoms with Crippen LogP contribution in [-0.2, 0) is 20.0 Å². The van der Waals surface area contributed by atoms with Crippen LogP contribution < -0.4 is 5.32 Å². The van der Waals surface area contributed by atoms with Gasteiger partial charge in [0.15, 0.2) is 0 Å². The summed E-state index contributed by atoms with van der Waals surface area (Å²) in [5.74, 6) is 0.914. The van der Waals surface area contributed by atoms with Crippen molar-refractivity contribution in [3.05, 3.63) is 15.9 Å². The third-order valence-electron chi connectivity index (χ3n) is 3.45. The summed E-state index contributed by atoms with van der Waals surface area (Å²) in [7, 11) is 2.02. The van der Waals surface area contributed by atoms with E-state index in [-0.39, 0.29) is 0 Å². The van der Waals surface area contributed by atoms with Gasteiger partial charge in [0.2, 0.25) is 0 Å². The molecule has 1 aliphatic rings. The normalized spacial score (nSPS) is 16.4. The van der Waals surface area contributed by atoms with Crippen molar-refractivity contribution in [3.63, 3.8) is 0 Å². The molecule has 16 heavy (non-hydrogen) atoms. The Balaban J connectivity index is 1.89. The third-order valence-corrected chi connectivity index (χ3v) is 4.37. The van der Waals surface area contributed by atoms with Gasteiger partial charge in [-0.05, 0) is 47.7 Å². The molecule has 0 aliphatic heterocycles. The molecule has 0 atom stereocenters. The highest BCUT2D eigenvalue weighted by atomic mass is 79.9. The minimum Gasteiger partial charge on any atom is -0.311 e. The van der Waals surface area contributed by atoms with E-state index in [1.54, 1.807) is 0 Å². The predicted octanol–water partition coefficient (Wildman–Crippen LogP) is 2.63. The van der Waals surface area contributed by atoms with Gasteiger partial charge >= 0.3 is 0 Å². The van der Waals surface area contributed by atoms with Crippen molar-refractivity contribution in [2.45, 2.75) is 39.2 Å². The quantitative estimate of drug-likeness (QED) is 0.901. The molecule has 1 N–H and O–H groups in total. The van der Waals surface area contributed by atoms with Gasteiger partial charge in [0.25, 0.3) is 0 Å². The zero-order chi connectivity index (χ0) is 11.5. The lowest BCUT2D eigenvalue weighted by atomic mass is 9.85. The second-order valence-corrected chi connectivity index (χ2v) is 5.41. The Kier molecular flexibility index (Phi) is 4.03. The van der Waals surface area contributed by atoms with Gasteiger partial charge in [0.05, 0.1) is 15.9 Å². The van der Waals surface area contributed by atoms with Gasteiger partial charge in [-0.2, -0.15) is 5.10 Å². The topological polar surface area (TPSA) is 29.9 Å². The van der Waals surface area contributed by atoms with E-state index in [0.29, 0.717) is 0 Å². The number of nitrogens with one attached hydrogen (secondary N) is 1. The molecule has 1 saturated carbocycles. The third kappa shape index (κ3) is 2.48. The standard InChI is InChI=1S/C12H20BrN3/c1-3-10-12(13)11(16(2)15-10)8-14-7-9-5-4-6-9/h9,14H,3-8H2,1-2H3. The number of aryl methyl sites for hydroxylation is 2. The average Bonchev–Trinajstić information content (AvgIpc) is 2.47. The number of hydrogen-bond acceptors (Lipinski definition) is 2. The Morgan fingerprint density at radius 3 is 2.75 bits per heavy atom. The molecule has 0 saturated heterocycles. The first-order chi connectivity index (χ1) is 7.72. The second-order valence-electron chi connectivity index (χ2n) is 4.61. The molecule has 0 unspecified atom stereocenters. The highest BCUT2D eigenvalue weighted by molar-refractivity contribution is 9.10. The van der Waals surface area contributed by atoms with Gasteiger partial charge < -0.3 is 5.32 Å². The zero-order valence-corrected chi connectivity index (χ0v) is 11.7. The van der Waals surface area contributed by atoms with Crippen molar-refractivity contribution >= 4 is 15.9 Å².